The van der Waals surface area contributed by atoms with Crippen molar-refractivity contribution in [3.8, 4) is 0 Å². The van der Waals surface area contributed by atoms with Crippen LogP contribution in [0.3, 0.4) is 0 Å². The van der Waals surface area contributed by atoms with E-state index >= 15 is 0 Å². The van der Waals surface area contributed by atoms with E-state index < -0.39 is 17.0 Å². The van der Waals surface area contributed by atoms with Crippen LogP contribution in [-0.2, 0) is 9.63 Å². The van der Waals surface area contributed by atoms with E-state index in [1.165, 1.54) is 0 Å². The number of aliphatic carboxylic acids is 1. The molecule has 0 radical (unpaired) electrons. The van der Waals surface area contributed by atoms with E-state index in [1.807, 2.05) is 6.92 Å². The number of hydrogen-bond acceptors (Lipinski definition) is 4. The third-order valence-corrected chi connectivity index (χ3v) is 2.15. The third-order valence-electron chi connectivity index (χ3n) is 2.15. The average molecular weight is 219 g/mol. The summed E-state index contributed by atoms with van der Waals surface area (Å²) in [6.45, 7) is 1.97. The molecular weight excluding hydrogens is 202 g/mol. The Morgan fingerprint density at radius 1 is 1.47 bits per heavy atom. The molecular formula is C9H17NO5. The number of carboxylic acids is 1. The lowest BCUT2D eigenvalue weighted by Crippen LogP contribution is -2.15. The van der Waals surface area contributed by atoms with Crippen molar-refractivity contribution in [2.45, 2.75) is 39.0 Å². The zero-order chi connectivity index (χ0) is 11.7. The first kappa shape index (κ1) is 13.7. The van der Waals surface area contributed by atoms with Crippen molar-refractivity contribution in [1.29, 1.82) is 0 Å². The summed E-state index contributed by atoms with van der Waals surface area (Å²) in [4.78, 5) is 24.7. The first-order chi connectivity index (χ1) is 7.07. The summed E-state index contributed by atoms with van der Waals surface area (Å²) in [5, 5.41) is 17.8. The highest BCUT2D eigenvalue weighted by Crippen LogP contribution is 2.15. The lowest BCUT2D eigenvalue weighted by Gasteiger charge is -2.10. The van der Waals surface area contributed by atoms with Crippen molar-refractivity contribution in [2.75, 3.05) is 6.61 Å². The Morgan fingerprint density at radius 2 is 2.07 bits per heavy atom. The molecule has 0 amide bonds. The van der Waals surface area contributed by atoms with E-state index in [4.69, 9.17) is 5.11 Å². The molecule has 88 valence electrons. The summed E-state index contributed by atoms with van der Waals surface area (Å²) in [6.07, 6.45) is 3.29. The van der Waals surface area contributed by atoms with Gasteiger partial charge >= 0.3 is 5.97 Å². The van der Waals surface area contributed by atoms with Gasteiger partial charge in [-0.2, -0.15) is 0 Å². The molecule has 0 heterocycles. The van der Waals surface area contributed by atoms with E-state index in [2.05, 4.69) is 4.84 Å². The van der Waals surface area contributed by atoms with Gasteiger partial charge in [-0.3, -0.25) is 4.79 Å². The zero-order valence-corrected chi connectivity index (χ0v) is 8.85. The molecule has 0 saturated carbocycles. The lowest BCUT2D eigenvalue weighted by molar-refractivity contribution is -0.757. The largest absolute Gasteiger partial charge is 0.481 e. The summed E-state index contributed by atoms with van der Waals surface area (Å²) >= 11 is 0. The van der Waals surface area contributed by atoms with Gasteiger partial charge in [-0.1, -0.05) is 19.8 Å². The van der Waals surface area contributed by atoms with Crippen LogP contribution < -0.4 is 0 Å². The van der Waals surface area contributed by atoms with Crippen LogP contribution in [0.15, 0.2) is 0 Å². The Bertz CT molecular complexity index is 207. The molecule has 1 N–H and O–H groups in total. The van der Waals surface area contributed by atoms with Gasteiger partial charge in [0.05, 0.1) is 12.5 Å². The second kappa shape index (κ2) is 8.02. The molecule has 15 heavy (non-hydrogen) atoms. The number of nitrogens with zero attached hydrogens (tertiary/aromatic N) is 1. The predicted octanol–water partition coefficient (Wildman–Crippen LogP) is 1.87. The number of unbranched alkanes of at least 4 members (excludes halogenated alkanes) is 1. The summed E-state index contributed by atoms with van der Waals surface area (Å²) in [6, 6.07) is 0. The molecule has 0 saturated heterocycles. The van der Waals surface area contributed by atoms with Crippen molar-refractivity contribution >= 4 is 5.97 Å². The first-order valence-corrected chi connectivity index (χ1v) is 5.08. The van der Waals surface area contributed by atoms with Gasteiger partial charge in [-0.05, 0) is 19.3 Å². The molecule has 0 rings (SSSR count). The van der Waals surface area contributed by atoms with Crippen molar-refractivity contribution in [3.05, 3.63) is 10.1 Å². The van der Waals surface area contributed by atoms with Gasteiger partial charge < -0.3 is 9.94 Å². The first-order valence-electron chi connectivity index (χ1n) is 5.08. The molecule has 0 bridgehead atoms. The Hall–Kier alpha value is -1.33. The van der Waals surface area contributed by atoms with Crippen molar-refractivity contribution < 1.29 is 19.8 Å². The SMILES string of the molecule is CCCCC(CCCO[N+](=O)[O-])C(=O)O. The fourth-order valence-corrected chi connectivity index (χ4v) is 1.31. The van der Waals surface area contributed by atoms with E-state index in [0.29, 0.717) is 19.3 Å². The molecule has 0 fully saturated rings. The summed E-state index contributed by atoms with van der Waals surface area (Å²) in [7, 11) is 0. The van der Waals surface area contributed by atoms with Crippen LogP contribution in [0.25, 0.3) is 0 Å². The van der Waals surface area contributed by atoms with Gasteiger partial charge in [-0.25, -0.2) is 0 Å². The topological polar surface area (TPSA) is 89.7 Å². The van der Waals surface area contributed by atoms with E-state index in [0.717, 1.165) is 12.8 Å². The van der Waals surface area contributed by atoms with E-state index in [-0.39, 0.29) is 6.61 Å². The number of rotatable bonds is 9. The minimum absolute atomic E-state index is 0.0249. The smallest absolute Gasteiger partial charge is 0.306 e. The number of carbonyl (C=O) groups is 1. The highest BCUT2D eigenvalue weighted by molar-refractivity contribution is 5.69. The maximum absolute atomic E-state index is 10.8. The molecule has 0 spiro atoms. The molecule has 6 nitrogen and oxygen atoms in total. The highest BCUT2D eigenvalue weighted by atomic mass is 16.9. The molecule has 0 aliphatic rings. The molecule has 6 heteroatoms. The fourth-order valence-electron chi connectivity index (χ4n) is 1.31. The van der Waals surface area contributed by atoms with Crippen molar-refractivity contribution in [3.63, 3.8) is 0 Å². The maximum Gasteiger partial charge on any atom is 0.306 e. The van der Waals surface area contributed by atoms with Crippen LogP contribution in [-0.4, -0.2) is 22.8 Å². The van der Waals surface area contributed by atoms with Gasteiger partial charge in [0.1, 0.15) is 0 Å². The van der Waals surface area contributed by atoms with Gasteiger partial charge in [0, 0.05) is 0 Å². The Balaban J connectivity index is 3.66. The number of carboxylic acid groups (broad SMARTS) is 1. The zero-order valence-electron chi connectivity index (χ0n) is 8.85. The summed E-state index contributed by atoms with van der Waals surface area (Å²) in [5.41, 5.74) is 0. The van der Waals surface area contributed by atoms with E-state index in [9.17, 15) is 14.9 Å². The molecule has 0 aliphatic carbocycles. The molecule has 1 atom stereocenters. The highest BCUT2D eigenvalue weighted by Gasteiger charge is 2.16. The van der Waals surface area contributed by atoms with Crippen LogP contribution in [0.1, 0.15) is 39.0 Å². The standard InChI is InChI=1S/C9H17NO5/c1-2-3-5-8(9(11)12)6-4-7-15-10(13)14/h8H,2-7H2,1H3,(H,11,12). The van der Waals surface area contributed by atoms with Crippen molar-refractivity contribution in [2.24, 2.45) is 5.92 Å². The summed E-state index contributed by atoms with van der Waals surface area (Å²) in [5.74, 6) is -1.23. The third kappa shape index (κ3) is 7.72. The monoisotopic (exact) mass is 219 g/mol. The predicted molar refractivity (Wildman–Crippen MR) is 52.8 cm³/mol. The quantitative estimate of drug-likeness (QED) is 0.363. The average Bonchev–Trinajstić information content (AvgIpc) is 2.15. The second-order valence-electron chi connectivity index (χ2n) is 3.38. The maximum atomic E-state index is 10.8. The molecule has 0 aliphatic heterocycles. The Kier molecular flexibility index (Phi) is 7.31. The van der Waals surface area contributed by atoms with Crippen molar-refractivity contribution in [1.82, 2.24) is 0 Å². The van der Waals surface area contributed by atoms with Crippen LogP contribution in [0.5, 0.6) is 0 Å². The van der Waals surface area contributed by atoms with Crippen LogP contribution in [0.4, 0.5) is 0 Å². The van der Waals surface area contributed by atoms with E-state index in [1.54, 1.807) is 0 Å². The second-order valence-corrected chi connectivity index (χ2v) is 3.38. The minimum atomic E-state index is -0.859. The van der Waals surface area contributed by atoms with Gasteiger partial charge in [0.2, 0.25) is 0 Å². The van der Waals surface area contributed by atoms with Gasteiger partial charge in [0.25, 0.3) is 5.09 Å². The molecule has 0 aromatic rings. The van der Waals surface area contributed by atoms with Gasteiger partial charge in [0.15, 0.2) is 0 Å². The molecule has 1 unspecified atom stereocenters. The fraction of sp³-hybridized carbons (Fsp3) is 0.889. The minimum Gasteiger partial charge on any atom is -0.481 e. The molecule has 0 aromatic carbocycles. The van der Waals surface area contributed by atoms with Crippen LogP contribution >= 0.6 is 0 Å². The Labute approximate surface area is 88.3 Å². The van der Waals surface area contributed by atoms with Crippen LogP contribution in [0.2, 0.25) is 0 Å². The Morgan fingerprint density at radius 3 is 2.53 bits per heavy atom. The summed E-state index contributed by atoms with van der Waals surface area (Å²) < 4.78 is 0. The number of hydrogen-bond donors (Lipinski definition) is 1. The molecule has 0 aromatic heterocycles. The van der Waals surface area contributed by atoms with Crippen LogP contribution in [0, 0.1) is 16.0 Å². The van der Waals surface area contributed by atoms with Gasteiger partial charge in [-0.15, -0.1) is 10.1 Å². The lowest BCUT2D eigenvalue weighted by atomic mass is 9.97. The normalized spacial score (nSPS) is 12.1.